The monoisotopic (exact) mass is 853 g/mol. The van der Waals surface area contributed by atoms with Crippen LogP contribution in [0.2, 0.25) is 0 Å². The average Bonchev–Trinajstić information content (AvgIpc) is 3.79. The summed E-state index contributed by atoms with van der Waals surface area (Å²) >= 11 is 0. The lowest BCUT2D eigenvalue weighted by Crippen LogP contribution is -2.01. The van der Waals surface area contributed by atoms with Crippen molar-refractivity contribution < 1.29 is 4.42 Å². The van der Waals surface area contributed by atoms with Crippen molar-refractivity contribution in [2.45, 2.75) is 0 Å². The quantitative estimate of drug-likeness (QED) is 0.150. The van der Waals surface area contributed by atoms with Crippen LogP contribution in [0.4, 0.5) is 0 Å². The van der Waals surface area contributed by atoms with Crippen LogP contribution in [0.25, 0.3) is 133 Å². The third-order valence-corrected chi connectivity index (χ3v) is 13.2. The second-order valence-corrected chi connectivity index (χ2v) is 17.0. The first-order valence-electron chi connectivity index (χ1n) is 22.7. The van der Waals surface area contributed by atoms with E-state index in [2.05, 4.69) is 206 Å². The molecule has 0 saturated carbocycles. The first-order chi connectivity index (χ1) is 33.2. The molecular formula is C63H39N3O. The van der Waals surface area contributed by atoms with E-state index in [0.29, 0.717) is 17.5 Å². The predicted molar refractivity (Wildman–Crippen MR) is 278 cm³/mol. The molecule has 0 saturated heterocycles. The maximum Gasteiger partial charge on any atom is 0.167 e. The molecule has 0 radical (unpaired) electrons. The summed E-state index contributed by atoms with van der Waals surface area (Å²) in [5.41, 5.74) is 13.7. The molecule has 0 unspecified atom stereocenters. The topological polar surface area (TPSA) is 51.8 Å². The highest BCUT2D eigenvalue weighted by molar-refractivity contribution is 6.25. The van der Waals surface area contributed by atoms with Crippen LogP contribution in [0, 0.1) is 0 Å². The third kappa shape index (κ3) is 6.49. The van der Waals surface area contributed by atoms with Crippen LogP contribution >= 0.6 is 0 Å². The summed E-state index contributed by atoms with van der Waals surface area (Å²) in [6.45, 7) is 0. The molecular weight excluding hydrogens is 815 g/mol. The van der Waals surface area contributed by atoms with Gasteiger partial charge in [-0.3, -0.25) is 0 Å². The second-order valence-electron chi connectivity index (χ2n) is 17.0. The first kappa shape index (κ1) is 38.5. The zero-order valence-corrected chi connectivity index (χ0v) is 36.3. The number of aromatic nitrogens is 3. The lowest BCUT2D eigenvalue weighted by Gasteiger charge is -2.21. The third-order valence-electron chi connectivity index (χ3n) is 13.2. The van der Waals surface area contributed by atoms with E-state index in [1.807, 2.05) is 30.3 Å². The maximum atomic E-state index is 6.56. The van der Waals surface area contributed by atoms with E-state index in [9.17, 15) is 0 Å². The van der Waals surface area contributed by atoms with Crippen LogP contribution in [-0.4, -0.2) is 15.0 Å². The fourth-order valence-electron chi connectivity index (χ4n) is 10.1. The van der Waals surface area contributed by atoms with Gasteiger partial charge in [0.2, 0.25) is 0 Å². The summed E-state index contributed by atoms with van der Waals surface area (Å²) in [4.78, 5) is 15.8. The Balaban J connectivity index is 1.03. The van der Waals surface area contributed by atoms with Crippen molar-refractivity contribution in [3.8, 4) is 78.7 Å². The number of nitrogens with zero attached hydrogens (tertiary/aromatic N) is 3. The number of rotatable bonds is 7. The van der Waals surface area contributed by atoms with Gasteiger partial charge in [0.15, 0.2) is 17.5 Å². The standard InChI is InChI=1S/C63H39N3O/c1-3-18-40(19-4-1)41-34-36-43(37-35-41)61-64-62(66-63(65-61)56-32-17-31-54-47-25-15-16-33-57(47)67-60(54)56)55-39-38-53(45-23-8-9-24-46(45)55)59-51-29-13-11-27-49(51)58(50-28-12-14-30-52(50)59)48-26-10-7-22-44(48)42-20-5-2-6-21-42/h1-39H. The SMILES string of the molecule is c1ccc(-c2ccc(-c3nc(-c4ccc(-c5c6ccccc6c(-c6ccccc6-c6ccccc6)c6ccccc56)c5ccccc45)nc(-c4cccc5c4oc4ccccc45)n3)cc2)cc1. The predicted octanol–water partition coefficient (Wildman–Crippen LogP) is 16.9. The summed E-state index contributed by atoms with van der Waals surface area (Å²) in [7, 11) is 0. The molecule has 0 atom stereocenters. The normalized spacial score (nSPS) is 11.6. The van der Waals surface area contributed by atoms with Crippen LogP contribution < -0.4 is 0 Å². The highest BCUT2D eigenvalue weighted by Gasteiger charge is 2.23. The van der Waals surface area contributed by atoms with Gasteiger partial charge >= 0.3 is 0 Å². The van der Waals surface area contributed by atoms with E-state index in [1.165, 1.54) is 49.4 Å². The first-order valence-corrected chi connectivity index (χ1v) is 22.7. The van der Waals surface area contributed by atoms with Crippen LogP contribution in [0.5, 0.6) is 0 Å². The van der Waals surface area contributed by atoms with E-state index >= 15 is 0 Å². The fraction of sp³-hybridized carbons (Fsp3) is 0. The minimum atomic E-state index is 0.549. The minimum absolute atomic E-state index is 0.549. The molecule has 13 aromatic rings. The van der Waals surface area contributed by atoms with E-state index in [-0.39, 0.29) is 0 Å². The molecule has 67 heavy (non-hydrogen) atoms. The Morgan fingerprint density at radius 3 is 1.30 bits per heavy atom. The van der Waals surface area contributed by atoms with Gasteiger partial charge in [-0.15, -0.1) is 0 Å². The Labute approximate surface area is 387 Å². The molecule has 0 aliphatic carbocycles. The van der Waals surface area contributed by atoms with Gasteiger partial charge in [0, 0.05) is 21.9 Å². The number of fused-ring (bicyclic) bond motifs is 6. The lowest BCUT2D eigenvalue weighted by atomic mass is 9.82. The van der Waals surface area contributed by atoms with Gasteiger partial charge in [-0.05, 0) is 95.0 Å². The van der Waals surface area contributed by atoms with Gasteiger partial charge in [0.1, 0.15) is 11.2 Å². The smallest absolute Gasteiger partial charge is 0.167 e. The van der Waals surface area contributed by atoms with E-state index < -0.39 is 0 Å². The van der Waals surface area contributed by atoms with E-state index in [4.69, 9.17) is 19.4 Å². The van der Waals surface area contributed by atoms with Crippen molar-refractivity contribution in [2.24, 2.45) is 0 Å². The van der Waals surface area contributed by atoms with Crippen molar-refractivity contribution in [1.82, 2.24) is 15.0 Å². The lowest BCUT2D eigenvalue weighted by molar-refractivity contribution is 0.669. The van der Waals surface area contributed by atoms with E-state index in [0.717, 1.165) is 66.1 Å². The van der Waals surface area contributed by atoms with Crippen molar-refractivity contribution in [1.29, 1.82) is 0 Å². The number of hydrogen-bond donors (Lipinski definition) is 0. The molecule has 2 aromatic heterocycles. The Hall–Kier alpha value is -8.99. The Bertz CT molecular complexity index is 3970. The van der Waals surface area contributed by atoms with Gasteiger partial charge in [0.05, 0.1) is 5.56 Å². The van der Waals surface area contributed by atoms with Crippen molar-refractivity contribution in [2.75, 3.05) is 0 Å². The zero-order chi connectivity index (χ0) is 44.3. The van der Waals surface area contributed by atoms with Crippen molar-refractivity contribution in [3.63, 3.8) is 0 Å². The molecule has 11 aromatic carbocycles. The highest BCUT2D eigenvalue weighted by atomic mass is 16.3. The molecule has 0 spiro atoms. The molecule has 2 heterocycles. The number of para-hydroxylation sites is 2. The summed E-state index contributed by atoms with van der Waals surface area (Å²) < 4.78 is 6.56. The average molecular weight is 854 g/mol. The number of hydrogen-bond acceptors (Lipinski definition) is 4. The van der Waals surface area contributed by atoms with Crippen LogP contribution in [0.15, 0.2) is 241 Å². The largest absolute Gasteiger partial charge is 0.455 e. The Morgan fingerprint density at radius 1 is 0.224 bits per heavy atom. The van der Waals surface area contributed by atoms with E-state index in [1.54, 1.807) is 0 Å². The molecule has 13 rings (SSSR count). The molecule has 312 valence electrons. The van der Waals surface area contributed by atoms with Crippen molar-refractivity contribution >= 4 is 54.3 Å². The molecule has 4 nitrogen and oxygen atoms in total. The highest BCUT2D eigenvalue weighted by Crippen LogP contribution is 2.48. The maximum absolute atomic E-state index is 6.56. The molecule has 4 heteroatoms. The zero-order valence-electron chi connectivity index (χ0n) is 36.3. The summed E-state index contributed by atoms with van der Waals surface area (Å²) in [5, 5.41) is 9.04. The molecule has 0 fully saturated rings. The molecule has 0 bridgehead atoms. The van der Waals surface area contributed by atoms with Gasteiger partial charge in [0.25, 0.3) is 0 Å². The second kappa shape index (κ2) is 15.9. The number of benzene rings is 11. The van der Waals surface area contributed by atoms with Crippen molar-refractivity contribution in [3.05, 3.63) is 237 Å². The molecule has 0 amide bonds. The molecule has 0 aliphatic rings. The van der Waals surface area contributed by atoms with Gasteiger partial charge < -0.3 is 4.42 Å². The Morgan fingerprint density at radius 2 is 0.642 bits per heavy atom. The Kier molecular flexibility index (Phi) is 9.14. The van der Waals surface area contributed by atoms with Crippen LogP contribution in [-0.2, 0) is 0 Å². The van der Waals surface area contributed by atoms with Gasteiger partial charge in [-0.2, -0.15) is 0 Å². The summed E-state index contributed by atoms with van der Waals surface area (Å²) in [5.74, 6) is 1.73. The minimum Gasteiger partial charge on any atom is -0.455 e. The number of furan rings is 1. The van der Waals surface area contributed by atoms with Crippen LogP contribution in [0.1, 0.15) is 0 Å². The fourth-order valence-corrected chi connectivity index (χ4v) is 10.1. The van der Waals surface area contributed by atoms with Gasteiger partial charge in [-0.25, -0.2) is 15.0 Å². The summed E-state index contributed by atoms with van der Waals surface area (Å²) in [6, 6.07) is 83.6. The molecule has 0 N–H and O–H groups in total. The van der Waals surface area contributed by atoms with Crippen LogP contribution in [0.3, 0.4) is 0 Å². The molecule has 0 aliphatic heterocycles. The summed E-state index contributed by atoms with van der Waals surface area (Å²) in [6.07, 6.45) is 0. The van der Waals surface area contributed by atoms with Gasteiger partial charge in [-0.1, -0.05) is 218 Å².